The lowest BCUT2D eigenvalue weighted by molar-refractivity contribution is 0.230. The highest BCUT2D eigenvalue weighted by Crippen LogP contribution is 2.32. The van der Waals surface area contributed by atoms with E-state index in [0.717, 1.165) is 5.56 Å². The van der Waals surface area contributed by atoms with Gasteiger partial charge in [0.05, 0.1) is 6.10 Å². The molecule has 0 heterocycles. The molecule has 0 aromatic heterocycles. The van der Waals surface area contributed by atoms with Gasteiger partial charge >= 0.3 is 0 Å². The first kappa shape index (κ1) is 7.77. The van der Waals surface area contributed by atoms with Crippen LogP contribution < -0.4 is 0 Å². The van der Waals surface area contributed by atoms with E-state index in [9.17, 15) is 5.11 Å². The quantitative estimate of drug-likeness (QED) is 0.664. The van der Waals surface area contributed by atoms with Crippen LogP contribution in [-0.2, 0) is 0 Å². The predicted molar refractivity (Wildman–Crippen MR) is 57.9 cm³/mol. The lowest BCUT2D eigenvalue weighted by Crippen LogP contribution is -1.99. The van der Waals surface area contributed by atoms with Gasteiger partial charge in [-0.15, -0.1) is 0 Å². The van der Waals surface area contributed by atoms with Gasteiger partial charge in [0.15, 0.2) is 0 Å². The molecule has 1 nitrogen and oxygen atoms in total. The highest BCUT2D eigenvalue weighted by Gasteiger charge is 2.13. The van der Waals surface area contributed by atoms with Gasteiger partial charge in [0.25, 0.3) is 0 Å². The van der Waals surface area contributed by atoms with Gasteiger partial charge in [-0.05, 0) is 21.9 Å². The van der Waals surface area contributed by atoms with E-state index in [-0.39, 0.29) is 0 Å². The van der Waals surface area contributed by atoms with E-state index in [1.165, 1.54) is 16.3 Å². The Morgan fingerprint density at radius 3 is 2.64 bits per heavy atom. The van der Waals surface area contributed by atoms with E-state index in [0.29, 0.717) is 0 Å². The van der Waals surface area contributed by atoms with Crippen LogP contribution in [0.4, 0.5) is 0 Å². The number of aliphatic hydroxyl groups is 1. The molecule has 0 fully saturated rings. The van der Waals surface area contributed by atoms with Gasteiger partial charge in [0.1, 0.15) is 0 Å². The van der Waals surface area contributed by atoms with E-state index >= 15 is 0 Å². The molecule has 14 heavy (non-hydrogen) atoms. The largest absolute Gasteiger partial charge is 0.384 e. The van der Waals surface area contributed by atoms with E-state index in [1.807, 2.05) is 30.4 Å². The molecule has 0 saturated carbocycles. The number of rotatable bonds is 0. The van der Waals surface area contributed by atoms with Crippen molar-refractivity contribution in [2.75, 3.05) is 0 Å². The number of aliphatic hydroxyl groups excluding tert-OH is 1. The molecule has 0 aliphatic heterocycles. The van der Waals surface area contributed by atoms with Gasteiger partial charge in [-0.1, -0.05) is 48.6 Å². The van der Waals surface area contributed by atoms with Gasteiger partial charge in [0, 0.05) is 0 Å². The first-order valence-electron chi connectivity index (χ1n) is 4.74. The van der Waals surface area contributed by atoms with E-state index in [1.54, 1.807) is 0 Å². The van der Waals surface area contributed by atoms with Gasteiger partial charge in [0.2, 0.25) is 0 Å². The molecular weight excluding hydrogens is 172 g/mol. The smallest absolute Gasteiger partial charge is 0.0981 e. The Bertz CT molecular complexity index is 520. The zero-order valence-corrected chi connectivity index (χ0v) is 7.64. The Balaban J connectivity index is 2.52. The summed E-state index contributed by atoms with van der Waals surface area (Å²) in [6, 6.07) is 12.3. The van der Waals surface area contributed by atoms with Crippen LogP contribution in [0.2, 0.25) is 0 Å². The molecule has 1 heteroatoms. The van der Waals surface area contributed by atoms with Gasteiger partial charge in [-0.3, -0.25) is 0 Å². The minimum Gasteiger partial charge on any atom is -0.384 e. The molecule has 1 atom stereocenters. The summed E-state index contributed by atoms with van der Waals surface area (Å²) in [6.45, 7) is 0. The minimum atomic E-state index is -0.450. The van der Waals surface area contributed by atoms with Gasteiger partial charge < -0.3 is 5.11 Å². The monoisotopic (exact) mass is 182 g/mol. The third kappa shape index (κ3) is 0.932. The first-order valence-corrected chi connectivity index (χ1v) is 4.74. The zero-order valence-electron chi connectivity index (χ0n) is 7.64. The van der Waals surface area contributed by atoms with Gasteiger partial charge in [-0.2, -0.15) is 0 Å². The van der Waals surface area contributed by atoms with E-state index in [4.69, 9.17) is 0 Å². The second-order valence-corrected chi connectivity index (χ2v) is 3.60. The molecule has 0 saturated heterocycles. The molecule has 1 aliphatic carbocycles. The Kier molecular flexibility index (Phi) is 1.49. The van der Waals surface area contributed by atoms with Crippen molar-refractivity contribution < 1.29 is 5.11 Å². The van der Waals surface area contributed by atoms with Crippen molar-refractivity contribution in [3.05, 3.63) is 53.6 Å². The molecule has 68 valence electrons. The average molecular weight is 182 g/mol. The molecule has 0 spiro atoms. The summed E-state index contributed by atoms with van der Waals surface area (Å²) in [5.74, 6) is 0. The Morgan fingerprint density at radius 2 is 1.79 bits per heavy atom. The van der Waals surface area contributed by atoms with Crippen molar-refractivity contribution in [1.82, 2.24) is 0 Å². The van der Waals surface area contributed by atoms with Crippen molar-refractivity contribution in [3.63, 3.8) is 0 Å². The standard InChI is InChI=1S/C13H10O/c14-12-8-7-10-4-1-3-9-5-2-6-11(12)13(9)10/h1-8,12,14H. The summed E-state index contributed by atoms with van der Waals surface area (Å²) in [5.41, 5.74) is 2.21. The molecule has 2 aromatic carbocycles. The Labute approximate surface area is 82.3 Å². The topological polar surface area (TPSA) is 20.2 Å². The van der Waals surface area contributed by atoms with Crippen molar-refractivity contribution >= 4 is 16.8 Å². The molecule has 3 rings (SSSR count). The number of hydrogen-bond donors (Lipinski definition) is 1. The van der Waals surface area contributed by atoms with Crippen LogP contribution in [0.1, 0.15) is 17.2 Å². The van der Waals surface area contributed by atoms with Crippen molar-refractivity contribution in [3.8, 4) is 0 Å². The molecule has 1 N–H and O–H groups in total. The zero-order chi connectivity index (χ0) is 9.54. The number of hydrogen-bond acceptors (Lipinski definition) is 1. The molecule has 0 radical (unpaired) electrons. The SMILES string of the molecule is OC1C=Cc2cccc3cccc1c23. The third-order valence-corrected chi connectivity index (χ3v) is 2.75. The molecule has 2 aromatic rings. The van der Waals surface area contributed by atoms with Crippen molar-refractivity contribution in [2.45, 2.75) is 6.10 Å². The fourth-order valence-corrected chi connectivity index (χ4v) is 2.08. The fraction of sp³-hybridized carbons (Fsp3) is 0.0769. The minimum absolute atomic E-state index is 0.450. The van der Waals surface area contributed by atoms with Crippen LogP contribution >= 0.6 is 0 Å². The van der Waals surface area contributed by atoms with Crippen LogP contribution in [0, 0.1) is 0 Å². The summed E-state index contributed by atoms with van der Waals surface area (Å²) >= 11 is 0. The maximum absolute atomic E-state index is 9.79. The molecule has 0 amide bonds. The summed E-state index contributed by atoms with van der Waals surface area (Å²) < 4.78 is 0. The van der Waals surface area contributed by atoms with Crippen LogP contribution in [0.25, 0.3) is 16.8 Å². The Hall–Kier alpha value is -1.60. The lowest BCUT2D eigenvalue weighted by Gasteiger charge is -2.16. The molecule has 1 unspecified atom stereocenters. The highest BCUT2D eigenvalue weighted by molar-refractivity contribution is 5.95. The third-order valence-electron chi connectivity index (χ3n) is 2.75. The summed E-state index contributed by atoms with van der Waals surface area (Å²) in [5, 5.41) is 12.2. The normalized spacial score (nSPS) is 18.8. The van der Waals surface area contributed by atoms with Crippen molar-refractivity contribution in [2.24, 2.45) is 0 Å². The molecule has 0 bridgehead atoms. The maximum atomic E-state index is 9.79. The summed E-state index contributed by atoms with van der Waals surface area (Å²) in [7, 11) is 0. The fourth-order valence-electron chi connectivity index (χ4n) is 2.08. The Morgan fingerprint density at radius 1 is 1.00 bits per heavy atom. The van der Waals surface area contributed by atoms with Crippen LogP contribution in [0.15, 0.2) is 42.5 Å². The summed E-state index contributed by atoms with van der Waals surface area (Å²) in [4.78, 5) is 0. The second-order valence-electron chi connectivity index (χ2n) is 3.60. The first-order chi connectivity index (χ1) is 6.86. The van der Waals surface area contributed by atoms with Crippen LogP contribution in [-0.4, -0.2) is 5.11 Å². The van der Waals surface area contributed by atoms with Crippen LogP contribution in [0.3, 0.4) is 0 Å². The summed E-state index contributed by atoms with van der Waals surface area (Å²) in [6.07, 6.45) is 3.37. The molecular formula is C13H10O. The predicted octanol–water partition coefficient (Wildman–Crippen LogP) is 2.90. The maximum Gasteiger partial charge on any atom is 0.0981 e. The highest BCUT2D eigenvalue weighted by atomic mass is 16.3. The van der Waals surface area contributed by atoms with E-state index < -0.39 is 6.10 Å². The molecule has 1 aliphatic rings. The van der Waals surface area contributed by atoms with Crippen molar-refractivity contribution in [1.29, 1.82) is 0 Å². The lowest BCUT2D eigenvalue weighted by atomic mass is 9.92. The van der Waals surface area contributed by atoms with E-state index in [2.05, 4.69) is 18.2 Å². The average Bonchev–Trinajstić information content (AvgIpc) is 2.24. The second kappa shape index (κ2) is 2.69. The van der Waals surface area contributed by atoms with Gasteiger partial charge in [-0.25, -0.2) is 0 Å². The number of benzene rings is 2. The van der Waals surface area contributed by atoms with Crippen LogP contribution in [0.5, 0.6) is 0 Å².